The molecule has 2 fully saturated rings. The van der Waals surface area contributed by atoms with Crippen LogP contribution in [0.4, 0.5) is 10.1 Å². The molecular weight excluding hydrogens is 411 g/mol. The zero-order valence-electron chi connectivity index (χ0n) is 18.1. The minimum absolute atomic E-state index is 0.182. The molecule has 5 heterocycles. The lowest BCUT2D eigenvalue weighted by Crippen LogP contribution is -2.44. The molecule has 1 atom stereocenters. The number of hydrogen-bond acceptors (Lipinski definition) is 5. The fourth-order valence-electron chi connectivity index (χ4n) is 5.01. The number of piperidine rings is 1. The number of nitrogens with zero attached hydrogens (tertiary/aromatic N) is 4. The molecule has 2 N–H and O–H groups in total. The molecule has 2 aliphatic heterocycles. The number of H-pyrrole nitrogens is 1. The summed E-state index contributed by atoms with van der Waals surface area (Å²) in [6.07, 6.45) is 6.55. The summed E-state index contributed by atoms with van der Waals surface area (Å²) in [7, 11) is 1.60. The quantitative estimate of drug-likeness (QED) is 0.651. The number of carbonyl (C=O) groups excluding carboxylic acids is 1. The number of amides is 1. The SMILES string of the molecule is CNC(=O)c1ccc(N2CCC(N3CCC(c4cn5c(F)ccc5c(=O)[nH]4)C3)CC2)cn1. The van der Waals surface area contributed by atoms with Gasteiger partial charge in [-0.25, -0.2) is 4.98 Å². The van der Waals surface area contributed by atoms with E-state index in [-0.39, 0.29) is 17.4 Å². The molecule has 1 unspecified atom stereocenters. The number of rotatable bonds is 4. The predicted molar refractivity (Wildman–Crippen MR) is 120 cm³/mol. The van der Waals surface area contributed by atoms with Crippen molar-refractivity contribution in [3.05, 3.63) is 64.3 Å². The van der Waals surface area contributed by atoms with Crippen molar-refractivity contribution in [2.75, 3.05) is 38.1 Å². The monoisotopic (exact) mass is 438 g/mol. The Balaban J connectivity index is 1.21. The lowest BCUT2D eigenvalue weighted by Gasteiger charge is -2.37. The normalized spacial score (nSPS) is 20.2. The summed E-state index contributed by atoms with van der Waals surface area (Å²) in [5.41, 5.74) is 2.36. The summed E-state index contributed by atoms with van der Waals surface area (Å²) < 4.78 is 15.3. The number of pyridine rings is 1. The Morgan fingerprint density at radius 2 is 1.97 bits per heavy atom. The average Bonchev–Trinajstić information content (AvgIpc) is 3.47. The summed E-state index contributed by atoms with van der Waals surface area (Å²) in [5, 5.41) is 2.59. The molecule has 0 spiro atoms. The standard InChI is InChI=1S/C23H27FN6O2/c1-25-22(31)18-3-2-17(12-26-18)28-10-7-16(8-11-28)29-9-6-15(13-29)19-14-30-20(23(32)27-19)4-5-21(30)24/h2-5,12,14-16H,6-11,13H2,1H3,(H,25,31)(H,27,32). The van der Waals surface area contributed by atoms with Gasteiger partial charge >= 0.3 is 0 Å². The van der Waals surface area contributed by atoms with Crippen LogP contribution in [0.25, 0.3) is 5.52 Å². The van der Waals surface area contributed by atoms with Gasteiger partial charge in [-0.05, 0) is 50.1 Å². The van der Waals surface area contributed by atoms with E-state index in [1.54, 1.807) is 25.5 Å². The van der Waals surface area contributed by atoms with Crippen LogP contribution in [0.5, 0.6) is 0 Å². The molecule has 3 aromatic heterocycles. The van der Waals surface area contributed by atoms with Crippen molar-refractivity contribution in [1.82, 2.24) is 24.6 Å². The van der Waals surface area contributed by atoms with Gasteiger partial charge in [-0.1, -0.05) is 0 Å². The third-order valence-electron chi connectivity index (χ3n) is 6.84. The maximum atomic E-state index is 14.0. The number of nitrogens with one attached hydrogen (secondary N) is 2. The first-order valence-corrected chi connectivity index (χ1v) is 11.1. The lowest BCUT2D eigenvalue weighted by atomic mass is 10.0. The Kier molecular flexibility index (Phi) is 5.42. The van der Waals surface area contributed by atoms with Gasteiger partial charge in [-0.15, -0.1) is 0 Å². The lowest BCUT2D eigenvalue weighted by molar-refractivity contribution is 0.0958. The van der Waals surface area contributed by atoms with Crippen molar-refractivity contribution < 1.29 is 9.18 Å². The van der Waals surface area contributed by atoms with Crippen LogP contribution in [0.2, 0.25) is 0 Å². The first kappa shape index (κ1) is 20.7. The van der Waals surface area contributed by atoms with Crippen LogP contribution in [0.3, 0.4) is 0 Å². The van der Waals surface area contributed by atoms with Gasteiger partial charge in [0.25, 0.3) is 11.5 Å². The molecule has 0 aromatic carbocycles. The first-order valence-electron chi connectivity index (χ1n) is 11.1. The highest BCUT2D eigenvalue weighted by Crippen LogP contribution is 2.31. The minimum atomic E-state index is -0.410. The molecule has 1 amide bonds. The van der Waals surface area contributed by atoms with Gasteiger partial charge in [-0.2, -0.15) is 4.39 Å². The molecule has 0 bridgehead atoms. The van der Waals surface area contributed by atoms with Crippen LogP contribution in [0.15, 0.2) is 41.5 Å². The van der Waals surface area contributed by atoms with Gasteiger partial charge in [0.1, 0.15) is 11.2 Å². The van der Waals surface area contributed by atoms with Gasteiger partial charge in [-0.3, -0.25) is 18.9 Å². The van der Waals surface area contributed by atoms with E-state index in [0.29, 0.717) is 17.3 Å². The van der Waals surface area contributed by atoms with Crippen LogP contribution in [0, 0.1) is 5.95 Å². The van der Waals surface area contributed by atoms with Gasteiger partial charge in [0.15, 0.2) is 5.95 Å². The Morgan fingerprint density at radius 1 is 1.16 bits per heavy atom. The van der Waals surface area contributed by atoms with E-state index < -0.39 is 5.95 Å². The van der Waals surface area contributed by atoms with Crippen LogP contribution in [0.1, 0.15) is 41.4 Å². The second-order valence-corrected chi connectivity index (χ2v) is 8.63. The number of anilines is 1. The van der Waals surface area contributed by atoms with Crippen molar-refractivity contribution in [2.45, 2.75) is 31.2 Å². The Hall–Kier alpha value is -3.20. The van der Waals surface area contributed by atoms with Crippen molar-refractivity contribution in [1.29, 1.82) is 0 Å². The van der Waals surface area contributed by atoms with Crippen LogP contribution < -0.4 is 15.8 Å². The van der Waals surface area contributed by atoms with E-state index in [1.165, 1.54) is 16.5 Å². The van der Waals surface area contributed by atoms with Crippen LogP contribution in [-0.2, 0) is 0 Å². The summed E-state index contributed by atoms with van der Waals surface area (Å²) in [4.78, 5) is 36.0. The Labute approximate surface area is 185 Å². The van der Waals surface area contributed by atoms with Gasteiger partial charge in [0.05, 0.1) is 11.9 Å². The number of fused-ring (bicyclic) bond motifs is 1. The summed E-state index contributed by atoms with van der Waals surface area (Å²) >= 11 is 0. The smallest absolute Gasteiger partial charge is 0.272 e. The molecule has 32 heavy (non-hydrogen) atoms. The van der Waals surface area contributed by atoms with Crippen LogP contribution in [-0.4, -0.2) is 64.4 Å². The average molecular weight is 439 g/mol. The molecule has 5 rings (SSSR count). The number of aromatic nitrogens is 3. The second-order valence-electron chi connectivity index (χ2n) is 8.63. The van der Waals surface area contributed by atoms with Crippen molar-refractivity contribution in [3.8, 4) is 0 Å². The van der Waals surface area contributed by atoms with E-state index in [0.717, 1.165) is 56.8 Å². The number of hydrogen-bond donors (Lipinski definition) is 2. The van der Waals surface area contributed by atoms with Crippen molar-refractivity contribution >= 4 is 17.1 Å². The molecule has 2 aliphatic rings. The maximum absolute atomic E-state index is 14.0. The molecule has 8 nitrogen and oxygen atoms in total. The third-order valence-corrected chi connectivity index (χ3v) is 6.84. The first-order chi connectivity index (χ1) is 15.5. The zero-order valence-corrected chi connectivity index (χ0v) is 18.1. The molecule has 9 heteroatoms. The highest BCUT2D eigenvalue weighted by molar-refractivity contribution is 5.92. The second kappa shape index (κ2) is 8.38. The maximum Gasteiger partial charge on any atom is 0.272 e. The molecule has 168 valence electrons. The largest absolute Gasteiger partial charge is 0.370 e. The number of aromatic amines is 1. The zero-order chi connectivity index (χ0) is 22.2. The van der Waals surface area contributed by atoms with E-state index in [1.807, 2.05) is 6.07 Å². The Morgan fingerprint density at radius 3 is 2.69 bits per heavy atom. The molecule has 0 radical (unpaired) electrons. The topological polar surface area (TPSA) is 85.7 Å². The molecule has 0 aliphatic carbocycles. The molecular formula is C23H27FN6O2. The summed E-state index contributed by atoms with van der Waals surface area (Å²) in [6, 6.07) is 7.04. The van der Waals surface area contributed by atoms with E-state index in [2.05, 4.69) is 25.1 Å². The number of halogens is 1. The van der Waals surface area contributed by atoms with E-state index >= 15 is 0 Å². The van der Waals surface area contributed by atoms with Crippen molar-refractivity contribution in [2.24, 2.45) is 0 Å². The fourth-order valence-corrected chi connectivity index (χ4v) is 5.01. The number of likely N-dealkylation sites (tertiary alicyclic amines) is 1. The van der Waals surface area contributed by atoms with E-state index in [4.69, 9.17) is 0 Å². The van der Waals surface area contributed by atoms with Crippen LogP contribution >= 0.6 is 0 Å². The highest BCUT2D eigenvalue weighted by atomic mass is 19.1. The fraction of sp³-hybridized carbons (Fsp3) is 0.435. The van der Waals surface area contributed by atoms with Gasteiger partial charge in [0, 0.05) is 50.5 Å². The minimum Gasteiger partial charge on any atom is -0.370 e. The van der Waals surface area contributed by atoms with E-state index in [9.17, 15) is 14.0 Å². The van der Waals surface area contributed by atoms with Crippen molar-refractivity contribution in [3.63, 3.8) is 0 Å². The third kappa shape index (κ3) is 3.77. The molecule has 0 saturated carbocycles. The van der Waals surface area contributed by atoms with Gasteiger partial charge in [0.2, 0.25) is 0 Å². The molecule has 2 saturated heterocycles. The predicted octanol–water partition coefficient (Wildman–Crippen LogP) is 1.98. The summed E-state index contributed by atoms with van der Waals surface area (Å²) in [6.45, 7) is 3.72. The highest BCUT2D eigenvalue weighted by Gasteiger charge is 2.32. The number of carbonyl (C=O) groups is 1. The van der Waals surface area contributed by atoms with Gasteiger partial charge < -0.3 is 15.2 Å². The summed E-state index contributed by atoms with van der Waals surface area (Å²) in [5.74, 6) is -0.389. The Bertz CT molecular complexity index is 1180. The molecule has 3 aromatic rings.